The lowest BCUT2D eigenvalue weighted by molar-refractivity contribution is -0.879. The van der Waals surface area contributed by atoms with Gasteiger partial charge < -0.3 is 15.2 Å². The van der Waals surface area contributed by atoms with Gasteiger partial charge in [0.05, 0.1) is 49.2 Å². The van der Waals surface area contributed by atoms with Crippen LogP contribution in [0.5, 0.6) is 0 Å². The van der Waals surface area contributed by atoms with E-state index >= 15 is 0 Å². The van der Waals surface area contributed by atoms with E-state index in [9.17, 15) is 14.8 Å². The molecule has 2 aliphatic rings. The summed E-state index contributed by atoms with van der Waals surface area (Å²) in [6.45, 7) is 6.36. The Hall–Kier alpha value is -2.81. The molecule has 1 fully saturated rings. The van der Waals surface area contributed by atoms with Crippen molar-refractivity contribution in [1.29, 1.82) is 0 Å². The second-order valence-electron chi connectivity index (χ2n) is 8.57. The summed E-state index contributed by atoms with van der Waals surface area (Å²) in [7, 11) is 0. The number of hydrogen-bond donors (Lipinski definition) is 1. The number of pyridine rings is 1. The fourth-order valence-corrected chi connectivity index (χ4v) is 4.67. The molecule has 1 aromatic carbocycles. The van der Waals surface area contributed by atoms with Crippen LogP contribution in [0, 0.1) is 5.21 Å². The van der Waals surface area contributed by atoms with E-state index in [2.05, 4.69) is 15.2 Å². The van der Waals surface area contributed by atoms with Crippen molar-refractivity contribution in [3.05, 3.63) is 53.4 Å². The highest BCUT2D eigenvalue weighted by atomic mass is 16.5. The minimum atomic E-state index is -0.264. The Kier molecular flexibility index (Phi) is 6.55. The van der Waals surface area contributed by atoms with Crippen LogP contribution in [0.25, 0.3) is 0 Å². The van der Waals surface area contributed by atoms with Crippen LogP contribution in [-0.2, 0) is 4.79 Å². The minimum absolute atomic E-state index is 0.0651. The number of hydrogen-bond acceptors (Lipinski definition) is 5. The monoisotopic (exact) mass is 437 g/mol. The molecule has 170 valence electrons. The average molecular weight is 438 g/mol. The molecule has 2 aliphatic heterocycles. The maximum absolute atomic E-state index is 13.7. The Labute approximate surface area is 189 Å². The van der Waals surface area contributed by atoms with Crippen molar-refractivity contribution < 1.29 is 14.2 Å². The number of piperidine rings is 1. The molecule has 1 unspecified atom stereocenters. The first-order valence-corrected chi connectivity index (χ1v) is 11.4. The number of rotatable bonds is 6. The molecular formula is C24H31N5O3. The van der Waals surface area contributed by atoms with Crippen molar-refractivity contribution in [1.82, 2.24) is 9.88 Å². The fourth-order valence-electron chi connectivity index (χ4n) is 4.67. The molecule has 0 radical (unpaired) electrons. The van der Waals surface area contributed by atoms with Gasteiger partial charge in [-0.25, -0.2) is 4.98 Å². The molecule has 1 aromatic heterocycles. The van der Waals surface area contributed by atoms with E-state index in [0.717, 1.165) is 25.8 Å². The van der Waals surface area contributed by atoms with Crippen LogP contribution in [0.15, 0.2) is 42.6 Å². The molecule has 2 aromatic rings. The van der Waals surface area contributed by atoms with Crippen molar-refractivity contribution in [2.75, 3.05) is 42.9 Å². The van der Waals surface area contributed by atoms with Gasteiger partial charge in [0, 0.05) is 6.20 Å². The van der Waals surface area contributed by atoms with Gasteiger partial charge in [0.25, 0.3) is 5.91 Å². The number of quaternary nitrogens is 1. The quantitative estimate of drug-likeness (QED) is 0.552. The second kappa shape index (κ2) is 9.36. The summed E-state index contributed by atoms with van der Waals surface area (Å²) in [5.41, 5.74) is 1.46. The number of nitrogens with zero attached hydrogens (tertiary/aromatic N) is 4. The lowest BCUT2D eigenvalue weighted by Crippen LogP contribution is -2.55. The van der Waals surface area contributed by atoms with Gasteiger partial charge in [-0.15, -0.1) is 0 Å². The standard InChI is InChI=1S/C24H31N5O3/c1-3-29(32,4-2)17-18-10-7-8-15-27(18)16-22(30)28-21-13-6-5-11-19(21)24(31)26-20-12-9-14-25-23(20)28/h5-6,9,11-14,18H,3-4,7-8,10,15-17H2,1-2H3,(H,26,31). The summed E-state index contributed by atoms with van der Waals surface area (Å²) in [4.78, 5) is 34.6. The number of fused-ring (bicyclic) bond motifs is 2. The third-order valence-corrected chi connectivity index (χ3v) is 6.67. The van der Waals surface area contributed by atoms with Crippen molar-refractivity contribution in [3.8, 4) is 0 Å². The molecule has 0 spiro atoms. The van der Waals surface area contributed by atoms with Gasteiger partial charge in [-0.3, -0.25) is 19.4 Å². The zero-order valence-electron chi connectivity index (χ0n) is 18.8. The fraction of sp³-hybridized carbons (Fsp3) is 0.458. The predicted molar refractivity (Wildman–Crippen MR) is 125 cm³/mol. The number of carbonyl (C=O) groups excluding carboxylic acids is 2. The molecule has 2 amide bonds. The van der Waals surface area contributed by atoms with Crippen LogP contribution < -0.4 is 10.2 Å². The topological polar surface area (TPSA) is 88.6 Å². The molecule has 1 N–H and O–H groups in total. The van der Waals surface area contributed by atoms with Crippen molar-refractivity contribution in [2.24, 2.45) is 0 Å². The number of benzene rings is 1. The Morgan fingerprint density at radius 2 is 1.97 bits per heavy atom. The number of aromatic nitrogens is 1. The summed E-state index contributed by atoms with van der Waals surface area (Å²) >= 11 is 0. The van der Waals surface area contributed by atoms with Crippen molar-refractivity contribution in [2.45, 2.75) is 39.2 Å². The third-order valence-electron chi connectivity index (χ3n) is 6.67. The molecule has 0 saturated carbocycles. The number of likely N-dealkylation sites (N-methyl/N-ethyl adjacent to an activating group) is 1. The zero-order valence-corrected chi connectivity index (χ0v) is 18.8. The van der Waals surface area contributed by atoms with Gasteiger partial charge in [0.15, 0.2) is 5.82 Å². The molecular weight excluding hydrogens is 406 g/mol. The van der Waals surface area contributed by atoms with E-state index in [1.807, 2.05) is 19.9 Å². The first-order valence-electron chi connectivity index (χ1n) is 11.4. The van der Waals surface area contributed by atoms with Crippen LogP contribution in [0.4, 0.5) is 17.2 Å². The third kappa shape index (κ3) is 4.39. The Balaban J connectivity index is 1.65. The SMILES string of the molecule is CC[N+]([O-])(CC)CC1CCCCN1CC(=O)N1c2ccccc2C(=O)Nc2cccnc21. The molecule has 1 saturated heterocycles. The van der Waals surface area contributed by atoms with E-state index in [1.54, 1.807) is 41.4 Å². The van der Waals surface area contributed by atoms with Gasteiger partial charge in [0.2, 0.25) is 5.91 Å². The van der Waals surface area contributed by atoms with Crippen LogP contribution in [0.2, 0.25) is 0 Å². The van der Waals surface area contributed by atoms with E-state index in [4.69, 9.17) is 0 Å². The summed E-state index contributed by atoms with van der Waals surface area (Å²) < 4.78 is -0.245. The summed E-state index contributed by atoms with van der Waals surface area (Å²) in [6.07, 6.45) is 4.61. The number of hydroxylamine groups is 3. The van der Waals surface area contributed by atoms with Crippen LogP contribution in [-0.4, -0.2) is 65.1 Å². The van der Waals surface area contributed by atoms with Crippen molar-refractivity contribution >= 4 is 29.0 Å². The highest BCUT2D eigenvalue weighted by Gasteiger charge is 2.34. The summed E-state index contributed by atoms with van der Waals surface area (Å²) in [5.74, 6) is -0.00134. The number of para-hydroxylation sites is 1. The Bertz CT molecular complexity index is 991. The molecule has 8 nitrogen and oxygen atoms in total. The molecule has 32 heavy (non-hydrogen) atoms. The van der Waals surface area contributed by atoms with E-state index in [0.29, 0.717) is 42.4 Å². The maximum atomic E-state index is 13.7. The summed E-state index contributed by atoms with van der Waals surface area (Å²) in [5, 5.41) is 15.9. The Morgan fingerprint density at radius 3 is 2.75 bits per heavy atom. The van der Waals surface area contributed by atoms with Crippen LogP contribution in [0.3, 0.4) is 0 Å². The number of anilines is 3. The second-order valence-corrected chi connectivity index (χ2v) is 8.57. The molecule has 4 rings (SSSR count). The van der Waals surface area contributed by atoms with E-state index < -0.39 is 0 Å². The predicted octanol–water partition coefficient (Wildman–Crippen LogP) is 3.52. The minimum Gasteiger partial charge on any atom is -0.633 e. The van der Waals surface area contributed by atoms with Crippen molar-refractivity contribution in [3.63, 3.8) is 0 Å². The molecule has 0 aliphatic carbocycles. The van der Waals surface area contributed by atoms with Gasteiger partial charge in [-0.1, -0.05) is 18.6 Å². The highest BCUT2D eigenvalue weighted by molar-refractivity contribution is 6.17. The summed E-state index contributed by atoms with van der Waals surface area (Å²) in [6, 6.07) is 10.6. The highest BCUT2D eigenvalue weighted by Crippen LogP contribution is 2.36. The zero-order chi connectivity index (χ0) is 22.7. The largest absolute Gasteiger partial charge is 0.633 e. The number of amides is 2. The number of likely N-dealkylation sites (tertiary alicyclic amines) is 1. The van der Waals surface area contributed by atoms with E-state index in [-0.39, 0.29) is 29.0 Å². The van der Waals surface area contributed by atoms with E-state index in [1.165, 1.54) is 0 Å². The van der Waals surface area contributed by atoms with Crippen LogP contribution >= 0.6 is 0 Å². The average Bonchev–Trinajstić information content (AvgIpc) is 2.94. The first-order chi connectivity index (χ1) is 15.5. The van der Waals surface area contributed by atoms with Gasteiger partial charge in [0.1, 0.15) is 0 Å². The van der Waals surface area contributed by atoms with Gasteiger partial charge in [-0.05, 0) is 57.5 Å². The molecule has 8 heteroatoms. The maximum Gasteiger partial charge on any atom is 0.257 e. The Morgan fingerprint density at radius 1 is 1.19 bits per heavy atom. The number of nitrogens with one attached hydrogen (secondary N) is 1. The lowest BCUT2D eigenvalue weighted by atomic mass is 10.0. The first kappa shape index (κ1) is 22.4. The smallest absolute Gasteiger partial charge is 0.257 e. The normalized spacial score (nSPS) is 19.0. The van der Waals surface area contributed by atoms with Crippen LogP contribution in [0.1, 0.15) is 43.5 Å². The number of carbonyl (C=O) groups is 2. The molecule has 1 atom stereocenters. The van der Waals surface area contributed by atoms with Gasteiger partial charge >= 0.3 is 0 Å². The lowest BCUT2D eigenvalue weighted by Gasteiger charge is -2.47. The molecule has 3 heterocycles. The van der Waals surface area contributed by atoms with Gasteiger partial charge in [-0.2, -0.15) is 0 Å². The molecule has 0 bridgehead atoms.